The van der Waals surface area contributed by atoms with E-state index in [0.717, 1.165) is 17.5 Å². The van der Waals surface area contributed by atoms with E-state index in [2.05, 4.69) is 34.6 Å². The smallest absolute Gasteiger partial charge is 0.332 e. The first-order valence-corrected chi connectivity index (χ1v) is 7.33. The van der Waals surface area contributed by atoms with Gasteiger partial charge in [0.05, 0.1) is 5.71 Å². The summed E-state index contributed by atoms with van der Waals surface area (Å²) in [6.45, 7) is 2.18. The number of hydrogen-bond donors (Lipinski definition) is 2. The molecule has 0 atom stereocenters. The number of nitrogens with two attached hydrogens (primary N) is 1. The van der Waals surface area contributed by atoms with Crippen molar-refractivity contribution in [1.82, 2.24) is 10.4 Å². The predicted molar refractivity (Wildman–Crippen MR) is 87.6 cm³/mol. The number of rotatable bonds is 6. The number of carbonyl (C=O) groups is 1. The van der Waals surface area contributed by atoms with Gasteiger partial charge in [0.1, 0.15) is 0 Å². The molecule has 5 nitrogen and oxygen atoms in total. The number of unbranched alkanes of at least 4 members (excludes halogenated alkanes) is 1. The van der Waals surface area contributed by atoms with Crippen LogP contribution >= 0.6 is 0 Å². The number of primary amides is 1. The van der Waals surface area contributed by atoms with Gasteiger partial charge in [-0.1, -0.05) is 37.6 Å². The van der Waals surface area contributed by atoms with Crippen molar-refractivity contribution in [3.05, 3.63) is 65.5 Å². The molecule has 22 heavy (non-hydrogen) atoms. The summed E-state index contributed by atoms with van der Waals surface area (Å²) in [5, 5.41) is 4.11. The second-order valence-corrected chi connectivity index (χ2v) is 4.98. The molecule has 0 aliphatic heterocycles. The molecule has 1 aromatic heterocycles. The van der Waals surface area contributed by atoms with Crippen LogP contribution in [0.4, 0.5) is 4.79 Å². The van der Waals surface area contributed by atoms with Gasteiger partial charge in [0.2, 0.25) is 0 Å². The van der Waals surface area contributed by atoms with Gasteiger partial charge >= 0.3 is 6.03 Å². The fourth-order valence-electron chi connectivity index (χ4n) is 2.12. The van der Waals surface area contributed by atoms with Crippen molar-refractivity contribution in [3.8, 4) is 0 Å². The van der Waals surface area contributed by atoms with E-state index in [0.29, 0.717) is 5.71 Å². The van der Waals surface area contributed by atoms with E-state index in [1.807, 2.05) is 24.3 Å². The van der Waals surface area contributed by atoms with Crippen LogP contribution in [0, 0.1) is 0 Å². The van der Waals surface area contributed by atoms with E-state index in [9.17, 15) is 4.79 Å². The number of hydrogen-bond acceptors (Lipinski definition) is 3. The van der Waals surface area contributed by atoms with E-state index >= 15 is 0 Å². The molecule has 0 aliphatic carbocycles. The maximum Gasteiger partial charge on any atom is 0.332 e. The third kappa shape index (κ3) is 4.41. The molecule has 0 saturated heterocycles. The van der Waals surface area contributed by atoms with Gasteiger partial charge in [0, 0.05) is 23.5 Å². The molecule has 3 N–H and O–H groups in total. The lowest BCUT2D eigenvalue weighted by Gasteiger charge is -2.08. The number of aryl methyl sites for hydroxylation is 1. The third-order valence-corrected chi connectivity index (χ3v) is 3.26. The van der Waals surface area contributed by atoms with Crippen molar-refractivity contribution in [2.45, 2.75) is 26.2 Å². The van der Waals surface area contributed by atoms with Crippen LogP contribution in [0.15, 0.2) is 53.9 Å². The van der Waals surface area contributed by atoms with Crippen molar-refractivity contribution >= 4 is 11.7 Å². The second-order valence-electron chi connectivity index (χ2n) is 4.98. The molecule has 0 aliphatic rings. The molecule has 114 valence electrons. The Morgan fingerprint density at radius 1 is 1.23 bits per heavy atom. The molecule has 0 radical (unpaired) electrons. The summed E-state index contributed by atoms with van der Waals surface area (Å²) in [6.07, 6.45) is 6.80. The van der Waals surface area contributed by atoms with Gasteiger partial charge in [-0.3, -0.25) is 4.98 Å². The highest BCUT2D eigenvalue weighted by atomic mass is 16.2. The van der Waals surface area contributed by atoms with E-state index in [1.165, 1.54) is 18.4 Å². The van der Waals surface area contributed by atoms with Crippen molar-refractivity contribution in [2.24, 2.45) is 10.8 Å². The topological polar surface area (TPSA) is 80.4 Å². The van der Waals surface area contributed by atoms with Crippen LogP contribution in [0.2, 0.25) is 0 Å². The molecule has 1 aromatic carbocycles. The second kappa shape index (κ2) is 7.93. The first-order chi connectivity index (χ1) is 10.7. The Bertz CT molecular complexity index is 635. The molecule has 2 rings (SSSR count). The Kier molecular flexibility index (Phi) is 5.65. The number of nitrogens with zero attached hydrogens (tertiary/aromatic N) is 2. The highest BCUT2D eigenvalue weighted by Gasteiger charge is 2.08. The maximum atomic E-state index is 10.9. The first-order valence-electron chi connectivity index (χ1n) is 7.33. The highest BCUT2D eigenvalue weighted by Crippen LogP contribution is 2.13. The summed E-state index contributed by atoms with van der Waals surface area (Å²) in [5.41, 5.74) is 11.0. The summed E-state index contributed by atoms with van der Waals surface area (Å²) in [6, 6.07) is 11.2. The van der Waals surface area contributed by atoms with Gasteiger partial charge in [-0.25, -0.2) is 10.2 Å². The summed E-state index contributed by atoms with van der Waals surface area (Å²) in [4.78, 5) is 15.0. The largest absolute Gasteiger partial charge is 0.350 e. The zero-order valence-corrected chi connectivity index (χ0v) is 12.6. The van der Waals surface area contributed by atoms with Gasteiger partial charge in [-0.05, 0) is 30.5 Å². The minimum Gasteiger partial charge on any atom is -0.350 e. The van der Waals surface area contributed by atoms with E-state index in [-0.39, 0.29) is 0 Å². The Hall–Kier alpha value is -2.69. The van der Waals surface area contributed by atoms with Crippen LogP contribution in [-0.4, -0.2) is 16.7 Å². The van der Waals surface area contributed by atoms with Crippen molar-refractivity contribution in [2.75, 3.05) is 0 Å². The number of amides is 2. The molecule has 2 aromatic rings. The van der Waals surface area contributed by atoms with Crippen LogP contribution in [0.25, 0.3) is 0 Å². The summed E-state index contributed by atoms with van der Waals surface area (Å²) < 4.78 is 0. The fourth-order valence-corrected chi connectivity index (χ4v) is 2.12. The molecule has 0 unspecified atom stereocenters. The number of urea groups is 1. The molecular weight excluding hydrogens is 276 g/mol. The van der Waals surface area contributed by atoms with E-state index < -0.39 is 6.03 Å². The lowest BCUT2D eigenvalue weighted by atomic mass is 10.0. The molecule has 0 saturated carbocycles. The average Bonchev–Trinajstić information content (AvgIpc) is 2.55. The third-order valence-electron chi connectivity index (χ3n) is 3.26. The lowest BCUT2D eigenvalue weighted by molar-refractivity contribution is 0.249. The van der Waals surface area contributed by atoms with Crippen LogP contribution in [0.5, 0.6) is 0 Å². The Morgan fingerprint density at radius 3 is 2.59 bits per heavy atom. The predicted octanol–water partition coefficient (Wildman–Crippen LogP) is 2.84. The van der Waals surface area contributed by atoms with Crippen molar-refractivity contribution in [3.63, 3.8) is 0 Å². The minimum atomic E-state index is -0.694. The standard InChI is InChI=1S/C17H20N4O/c1-2-3-5-13-7-9-14(10-8-13)16(20-21-17(18)22)15-6-4-11-19-12-15/h4,6-12H,2-3,5H2,1H3,(H3,18,21,22). The van der Waals surface area contributed by atoms with Gasteiger partial charge in [0.15, 0.2) is 0 Å². The quantitative estimate of drug-likeness (QED) is 0.635. The van der Waals surface area contributed by atoms with Gasteiger partial charge in [-0.15, -0.1) is 0 Å². The molecule has 2 amide bonds. The molecule has 0 fully saturated rings. The Labute approximate surface area is 130 Å². The van der Waals surface area contributed by atoms with Crippen molar-refractivity contribution in [1.29, 1.82) is 0 Å². The average molecular weight is 296 g/mol. The SMILES string of the molecule is CCCCc1ccc(C(=NNC(N)=O)c2cccnc2)cc1. The summed E-state index contributed by atoms with van der Waals surface area (Å²) in [5.74, 6) is 0. The van der Waals surface area contributed by atoms with Crippen LogP contribution in [-0.2, 0) is 6.42 Å². The number of hydrazone groups is 1. The number of carbonyl (C=O) groups excluding carboxylic acids is 1. The molecular formula is C17H20N4O. The number of nitrogens with one attached hydrogen (secondary N) is 1. The van der Waals surface area contributed by atoms with Gasteiger partial charge in [0.25, 0.3) is 0 Å². The molecule has 0 bridgehead atoms. The molecule has 0 spiro atoms. The molecule has 5 heteroatoms. The fraction of sp³-hybridized carbons (Fsp3) is 0.235. The first kappa shape index (κ1) is 15.7. The van der Waals surface area contributed by atoms with Crippen LogP contribution in [0.3, 0.4) is 0 Å². The number of pyridine rings is 1. The van der Waals surface area contributed by atoms with Crippen LogP contribution in [0.1, 0.15) is 36.5 Å². The van der Waals surface area contributed by atoms with E-state index in [1.54, 1.807) is 12.4 Å². The summed E-state index contributed by atoms with van der Waals surface area (Å²) in [7, 11) is 0. The Balaban J connectivity index is 2.29. The van der Waals surface area contributed by atoms with Crippen LogP contribution < -0.4 is 11.2 Å². The number of aromatic nitrogens is 1. The maximum absolute atomic E-state index is 10.9. The highest BCUT2D eigenvalue weighted by molar-refractivity contribution is 6.12. The van der Waals surface area contributed by atoms with Gasteiger partial charge < -0.3 is 5.73 Å². The zero-order valence-electron chi connectivity index (χ0n) is 12.6. The number of benzene rings is 1. The monoisotopic (exact) mass is 296 g/mol. The lowest BCUT2D eigenvalue weighted by Crippen LogP contribution is -2.26. The zero-order chi connectivity index (χ0) is 15.8. The normalized spacial score (nSPS) is 11.2. The van der Waals surface area contributed by atoms with E-state index in [4.69, 9.17) is 5.73 Å². The summed E-state index contributed by atoms with van der Waals surface area (Å²) >= 11 is 0. The van der Waals surface area contributed by atoms with Gasteiger partial charge in [-0.2, -0.15) is 5.10 Å². The minimum absolute atomic E-state index is 0.633. The van der Waals surface area contributed by atoms with Crippen molar-refractivity contribution < 1.29 is 4.79 Å². The molecule has 1 heterocycles. The Morgan fingerprint density at radius 2 is 2.00 bits per heavy atom.